The number of hydrogen-bond donors (Lipinski definition) is 0. The normalized spacial score (nSPS) is 26.1. The van der Waals surface area contributed by atoms with E-state index in [1.807, 2.05) is 12.1 Å². The Kier molecular flexibility index (Phi) is 3.70. The lowest BCUT2D eigenvalue weighted by atomic mass is 9.79. The predicted octanol–water partition coefficient (Wildman–Crippen LogP) is 4.58. The van der Waals surface area contributed by atoms with E-state index < -0.39 is 0 Å². The van der Waals surface area contributed by atoms with E-state index in [9.17, 15) is 8.78 Å². The van der Waals surface area contributed by atoms with Crippen molar-refractivity contribution in [1.82, 2.24) is 0 Å². The van der Waals surface area contributed by atoms with Gasteiger partial charge in [0.15, 0.2) is 0 Å². The first-order valence-corrected chi connectivity index (χ1v) is 5.82. The van der Waals surface area contributed by atoms with E-state index >= 15 is 0 Å². The Hall–Kier alpha value is -1.18. The zero-order chi connectivity index (χ0) is 11.4. The monoisotopic (exact) mass is 222 g/mol. The van der Waals surface area contributed by atoms with E-state index in [-0.39, 0.29) is 5.82 Å². The van der Waals surface area contributed by atoms with Crippen LogP contribution in [0.4, 0.5) is 8.78 Å². The van der Waals surface area contributed by atoms with Gasteiger partial charge in [-0.15, -0.1) is 0 Å². The summed E-state index contributed by atoms with van der Waals surface area (Å²) in [5.41, 5.74) is 1.21. The minimum absolute atomic E-state index is 0.183. The quantitative estimate of drug-likeness (QED) is 0.687. The van der Waals surface area contributed by atoms with Crippen molar-refractivity contribution in [3.8, 4) is 0 Å². The first-order chi connectivity index (χ1) is 7.79. The van der Waals surface area contributed by atoms with Gasteiger partial charge in [0.25, 0.3) is 0 Å². The van der Waals surface area contributed by atoms with Crippen LogP contribution in [-0.4, -0.2) is 0 Å². The van der Waals surface area contributed by atoms with Gasteiger partial charge >= 0.3 is 0 Å². The lowest BCUT2D eigenvalue weighted by Crippen LogP contribution is -2.11. The van der Waals surface area contributed by atoms with Crippen molar-refractivity contribution >= 4 is 0 Å². The average molecular weight is 222 g/mol. The summed E-state index contributed by atoms with van der Waals surface area (Å²) in [4.78, 5) is 0. The smallest absolute Gasteiger partial charge is 0.123 e. The summed E-state index contributed by atoms with van der Waals surface area (Å²) >= 11 is 0. The molecule has 1 fully saturated rings. The standard InChI is InChI=1S/C14H16F2/c15-10-9-11-1-3-12(4-2-11)13-5-7-14(16)8-6-13/h5-12H,1-4H2/b10-9+. The molecular weight excluding hydrogens is 206 g/mol. The van der Waals surface area contributed by atoms with Crippen LogP contribution in [-0.2, 0) is 0 Å². The zero-order valence-corrected chi connectivity index (χ0v) is 9.20. The first-order valence-electron chi connectivity index (χ1n) is 5.82. The van der Waals surface area contributed by atoms with Crippen molar-refractivity contribution in [1.29, 1.82) is 0 Å². The van der Waals surface area contributed by atoms with Crippen LogP contribution in [0.2, 0.25) is 0 Å². The molecule has 0 unspecified atom stereocenters. The van der Waals surface area contributed by atoms with Gasteiger partial charge in [0, 0.05) is 0 Å². The van der Waals surface area contributed by atoms with Crippen LogP contribution >= 0.6 is 0 Å². The van der Waals surface area contributed by atoms with Crippen molar-refractivity contribution in [2.24, 2.45) is 5.92 Å². The number of hydrogen-bond acceptors (Lipinski definition) is 0. The highest BCUT2D eigenvalue weighted by Crippen LogP contribution is 2.36. The minimum atomic E-state index is -0.183. The highest BCUT2D eigenvalue weighted by molar-refractivity contribution is 5.21. The molecule has 0 nitrogen and oxygen atoms in total. The Labute approximate surface area is 95.0 Å². The van der Waals surface area contributed by atoms with Gasteiger partial charge in [-0.2, -0.15) is 0 Å². The van der Waals surface area contributed by atoms with Crippen molar-refractivity contribution < 1.29 is 8.78 Å². The number of benzene rings is 1. The van der Waals surface area contributed by atoms with Crippen LogP contribution in [0.25, 0.3) is 0 Å². The van der Waals surface area contributed by atoms with Gasteiger partial charge < -0.3 is 0 Å². The van der Waals surface area contributed by atoms with Gasteiger partial charge in [-0.3, -0.25) is 0 Å². The summed E-state index contributed by atoms with van der Waals surface area (Å²) in [6.45, 7) is 0. The van der Waals surface area contributed by atoms with Crippen LogP contribution < -0.4 is 0 Å². The first kappa shape index (κ1) is 11.3. The highest BCUT2D eigenvalue weighted by Gasteiger charge is 2.20. The molecule has 0 radical (unpaired) electrons. The lowest BCUT2D eigenvalue weighted by Gasteiger charge is -2.26. The van der Waals surface area contributed by atoms with E-state index in [1.165, 1.54) is 17.7 Å². The van der Waals surface area contributed by atoms with Crippen molar-refractivity contribution in [3.05, 3.63) is 48.1 Å². The summed E-state index contributed by atoms with van der Waals surface area (Å²) in [5.74, 6) is 0.726. The Bertz CT molecular complexity index is 346. The summed E-state index contributed by atoms with van der Waals surface area (Å²) in [7, 11) is 0. The Morgan fingerprint density at radius 3 is 2.19 bits per heavy atom. The molecule has 16 heavy (non-hydrogen) atoms. The van der Waals surface area contributed by atoms with E-state index in [1.54, 1.807) is 6.08 Å². The molecule has 0 atom stereocenters. The molecule has 0 amide bonds. The molecule has 0 saturated heterocycles. The minimum Gasteiger partial charge on any atom is -0.216 e. The molecule has 1 saturated carbocycles. The predicted molar refractivity (Wildman–Crippen MR) is 61.3 cm³/mol. The second-order valence-electron chi connectivity index (χ2n) is 4.48. The second-order valence-corrected chi connectivity index (χ2v) is 4.48. The highest BCUT2D eigenvalue weighted by atomic mass is 19.1. The summed E-state index contributed by atoms with van der Waals surface area (Å²) in [5, 5.41) is 0. The molecule has 2 heteroatoms. The van der Waals surface area contributed by atoms with Gasteiger partial charge in [-0.05, 0) is 55.2 Å². The van der Waals surface area contributed by atoms with E-state index in [4.69, 9.17) is 0 Å². The maximum absolute atomic E-state index is 12.8. The molecule has 0 bridgehead atoms. The molecule has 0 aliphatic heterocycles. The van der Waals surface area contributed by atoms with Gasteiger partial charge in [0.05, 0.1) is 6.33 Å². The number of rotatable bonds is 2. The third-order valence-corrected chi connectivity index (χ3v) is 3.46. The molecule has 1 aliphatic carbocycles. The van der Waals surface area contributed by atoms with E-state index in [2.05, 4.69) is 0 Å². The van der Waals surface area contributed by atoms with Crippen LogP contribution in [0, 0.1) is 11.7 Å². The maximum atomic E-state index is 12.8. The van der Waals surface area contributed by atoms with Gasteiger partial charge in [-0.1, -0.05) is 18.2 Å². The third-order valence-electron chi connectivity index (χ3n) is 3.46. The van der Waals surface area contributed by atoms with Crippen LogP contribution in [0.15, 0.2) is 36.7 Å². The van der Waals surface area contributed by atoms with Gasteiger partial charge in [0.1, 0.15) is 5.82 Å². The van der Waals surface area contributed by atoms with Gasteiger partial charge in [0.2, 0.25) is 0 Å². The molecule has 1 aromatic rings. The molecule has 0 N–H and O–H groups in total. The molecule has 2 rings (SSSR count). The zero-order valence-electron chi connectivity index (χ0n) is 9.20. The molecular formula is C14H16F2. The lowest BCUT2D eigenvalue weighted by molar-refractivity contribution is 0.373. The largest absolute Gasteiger partial charge is 0.216 e. The summed E-state index contributed by atoms with van der Waals surface area (Å²) in [6, 6.07) is 6.77. The number of halogens is 2. The maximum Gasteiger partial charge on any atom is 0.123 e. The topological polar surface area (TPSA) is 0 Å². The van der Waals surface area contributed by atoms with Crippen molar-refractivity contribution in [3.63, 3.8) is 0 Å². The summed E-state index contributed by atoms with van der Waals surface area (Å²) < 4.78 is 24.8. The fourth-order valence-corrected chi connectivity index (χ4v) is 2.48. The SMILES string of the molecule is F/C=C/C1CCC(c2ccc(F)cc2)CC1. The fourth-order valence-electron chi connectivity index (χ4n) is 2.48. The Balaban J connectivity index is 1.96. The molecule has 0 spiro atoms. The fraction of sp³-hybridized carbons (Fsp3) is 0.429. The van der Waals surface area contributed by atoms with Crippen LogP contribution in [0.5, 0.6) is 0 Å². The van der Waals surface area contributed by atoms with E-state index in [0.717, 1.165) is 25.7 Å². The Morgan fingerprint density at radius 1 is 1.00 bits per heavy atom. The second kappa shape index (κ2) is 5.24. The molecule has 0 heterocycles. The summed E-state index contributed by atoms with van der Waals surface area (Å²) in [6.07, 6.45) is 6.51. The van der Waals surface area contributed by atoms with Crippen molar-refractivity contribution in [2.45, 2.75) is 31.6 Å². The molecule has 1 aromatic carbocycles. The third kappa shape index (κ3) is 2.69. The average Bonchev–Trinajstić information content (AvgIpc) is 2.32. The van der Waals surface area contributed by atoms with Crippen LogP contribution in [0.1, 0.15) is 37.2 Å². The van der Waals surface area contributed by atoms with E-state index in [0.29, 0.717) is 18.2 Å². The van der Waals surface area contributed by atoms with Crippen LogP contribution in [0.3, 0.4) is 0 Å². The molecule has 86 valence electrons. The van der Waals surface area contributed by atoms with Gasteiger partial charge in [-0.25, -0.2) is 8.78 Å². The number of allylic oxidation sites excluding steroid dienone is 1. The Morgan fingerprint density at radius 2 is 1.62 bits per heavy atom. The molecule has 0 aromatic heterocycles. The van der Waals surface area contributed by atoms with Crippen molar-refractivity contribution in [2.75, 3.05) is 0 Å². The molecule has 1 aliphatic rings.